The largest absolute Gasteiger partial charge is 0.444 e. The number of nitrogens with zero attached hydrogens (tertiary/aromatic N) is 4. The minimum Gasteiger partial charge on any atom is -0.444 e. The summed E-state index contributed by atoms with van der Waals surface area (Å²) in [5, 5.41) is 12.5. The van der Waals surface area contributed by atoms with Crippen molar-refractivity contribution in [2.75, 3.05) is 13.1 Å². The van der Waals surface area contributed by atoms with Crippen LogP contribution in [0, 0.1) is 5.92 Å². The summed E-state index contributed by atoms with van der Waals surface area (Å²) in [4.78, 5) is 14.3. The van der Waals surface area contributed by atoms with E-state index in [-0.39, 0.29) is 12.1 Å². The molecule has 1 N–H and O–H groups in total. The van der Waals surface area contributed by atoms with Crippen LogP contribution >= 0.6 is 0 Å². The van der Waals surface area contributed by atoms with Gasteiger partial charge in [-0.05, 0) is 66.2 Å². The van der Waals surface area contributed by atoms with Gasteiger partial charge in [-0.1, -0.05) is 0 Å². The number of carbonyl (C=O) groups is 1. The van der Waals surface area contributed by atoms with Gasteiger partial charge in [0.2, 0.25) is 0 Å². The Balaban J connectivity index is 1.58. The van der Waals surface area contributed by atoms with Gasteiger partial charge in [0.05, 0.1) is 6.04 Å². The van der Waals surface area contributed by atoms with Crippen molar-refractivity contribution in [3.8, 4) is 0 Å². The van der Waals surface area contributed by atoms with Crippen LogP contribution in [0.2, 0.25) is 0 Å². The molecule has 3 atom stereocenters. The van der Waals surface area contributed by atoms with E-state index in [1.807, 2.05) is 25.7 Å². The van der Waals surface area contributed by atoms with Gasteiger partial charge in [-0.2, -0.15) is 0 Å². The van der Waals surface area contributed by atoms with Gasteiger partial charge in [0.1, 0.15) is 17.2 Å². The third-order valence-corrected chi connectivity index (χ3v) is 5.60. The quantitative estimate of drug-likeness (QED) is 0.872. The van der Waals surface area contributed by atoms with Gasteiger partial charge in [0.25, 0.3) is 0 Å². The minimum absolute atomic E-state index is 0.149. The lowest BCUT2D eigenvalue weighted by Crippen LogP contribution is -2.48. The first-order chi connectivity index (χ1) is 12.7. The molecule has 1 saturated heterocycles. The van der Waals surface area contributed by atoms with E-state index >= 15 is 0 Å². The van der Waals surface area contributed by atoms with Crippen molar-refractivity contribution in [2.24, 2.45) is 5.92 Å². The number of likely N-dealkylation sites (tertiary alicyclic amines) is 1. The maximum absolute atomic E-state index is 12.4. The first-order valence-corrected chi connectivity index (χ1v) is 10.4. The highest BCUT2D eigenvalue weighted by Gasteiger charge is 2.31. The van der Waals surface area contributed by atoms with E-state index in [1.54, 1.807) is 0 Å². The molecule has 3 heterocycles. The highest BCUT2D eigenvalue weighted by molar-refractivity contribution is 5.68. The highest BCUT2D eigenvalue weighted by atomic mass is 16.6. The fourth-order valence-electron chi connectivity index (χ4n) is 4.17. The van der Waals surface area contributed by atoms with Crippen LogP contribution in [-0.4, -0.2) is 50.5 Å². The van der Waals surface area contributed by atoms with Gasteiger partial charge < -0.3 is 19.5 Å². The minimum atomic E-state index is -0.449. The van der Waals surface area contributed by atoms with Crippen molar-refractivity contribution in [2.45, 2.75) is 91.0 Å². The number of ether oxygens (including phenoxy) is 1. The number of hydrogen-bond acceptors (Lipinski definition) is 5. The summed E-state index contributed by atoms with van der Waals surface area (Å²) in [5.41, 5.74) is -0.449. The van der Waals surface area contributed by atoms with Gasteiger partial charge in [0, 0.05) is 32.1 Å². The maximum atomic E-state index is 12.4. The van der Waals surface area contributed by atoms with Gasteiger partial charge in [0.15, 0.2) is 0 Å². The Bertz CT molecular complexity index is 651. The Kier molecular flexibility index (Phi) is 6.08. The molecule has 1 fully saturated rings. The SMILES string of the molecule is C[C@H](N[C@H](C)[C@@H]1CCCN(C(=O)OC(C)(C)C)C1)c1nnc2n1CCCC2. The zero-order valence-electron chi connectivity index (χ0n) is 17.5. The molecule has 0 bridgehead atoms. The summed E-state index contributed by atoms with van der Waals surface area (Å²) in [6, 6.07) is 0.443. The monoisotopic (exact) mass is 377 g/mol. The van der Waals surface area contributed by atoms with Crippen LogP contribution < -0.4 is 5.32 Å². The summed E-state index contributed by atoms with van der Waals surface area (Å²) in [7, 11) is 0. The van der Waals surface area contributed by atoms with Gasteiger partial charge in [-0.25, -0.2) is 4.79 Å². The number of aryl methyl sites for hydroxylation is 1. The molecule has 1 amide bonds. The number of hydrogen-bond donors (Lipinski definition) is 1. The number of rotatable bonds is 4. The number of carbonyl (C=O) groups excluding carboxylic acids is 1. The standard InChI is InChI=1S/C20H35N5O2/c1-14(16-9-8-11-24(13-16)19(26)27-20(3,4)5)21-15(2)18-23-22-17-10-6-7-12-25(17)18/h14-16,21H,6-13H2,1-5H3/t14-,15+,16-/m1/s1. The molecule has 2 aliphatic heterocycles. The molecule has 0 radical (unpaired) electrons. The molecule has 1 aromatic rings. The molecule has 0 aromatic carbocycles. The molecule has 0 unspecified atom stereocenters. The number of fused-ring (bicyclic) bond motifs is 1. The molecule has 7 nitrogen and oxygen atoms in total. The third-order valence-electron chi connectivity index (χ3n) is 5.60. The van der Waals surface area contributed by atoms with E-state index in [4.69, 9.17) is 4.74 Å². The molecule has 0 aliphatic carbocycles. The van der Waals surface area contributed by atoms with Crippen LogP contribution in [0.3, 0.4) is 0 Å². The molecule has 0 saturated carbocycles. The Morgan fingerprint density at radius 1 is 1.19 bits per heavy atom. The van der Waals surface area contributed by atoms with Crippen LogP contribution in [0.1, 0.15) is 78.0 Å². The van der Waals surface area contributed by atoms with Crippen molar-refractivity contribution < 1.29 is 9.53 Å². The second-order valence-corrected chi connectivity index (χ2v) is 9.09. The first-order valence-electron chi connectivity index (χ1n) is 10.4. The zero-order valence-corrected chi connectivity index (χ0v) is 17.5. The Morgan fingerprint density at radius 2 is 1.96 bits per heavy atom. The van der Waals surface area contributed by atoms with Crippen molar-refractivity contribution in [3.05, 3.63) is 11.6 Å². The molecule has 2 aliphatic rings. The molecule has 3 rings (SSSR count). The van der Waals surface area contributed by atoms with Gasteiger partial charge in [-0.3, -0.25) is 0 Å². The lowest BCUT2D eigenvalue weighted by atomic mass is 9.91. The Morgan fingerprint density at radius 3 is 2.70 bits per heavy atom. The Labute approximate surface area is 162 Å². The van der Waals surface area contributed by atoms with Crippen LogP contribution in [-0.2, 0) is 17.7 Å². The second-order valence-electron chi connectivity index (χ2n) is 9.09. The predicted octanol–water partition coefficient (Wildman–Crippen LogP) is 3.30. The molecule has 152 valence electrons. The third kappa shape index (κ3) is 5.00. The fraction of sp³-hybridized carbons (Fsp3) is 0.850. The van der Waals surface area contributed by atoms with E-state index in [9.17, 15) is 4.79 Å². The van der Waals surface area contributed by atoms with Crippen molar-refractivity contribution in [1.29, 1.82) is 0 Å². The highest BCUT2D eigenvalue weighted by Crippen LogP contribution is 2.24. The van der Waals surface area contributed by atoms with Crippen molar-refractivity contribution in [1.82, 2.24) is 25.0 Å². The van der Waals surface area contributed by atoms with Crippen LogP contribution in [0.25, 0.3) is 0 Å². The molecule has 27 heavy (non-hydrogen) atoms. The predicted molar refractivity (Wildman–Crippen MR) is 105 cm³/mol. The molecular formula is C20H35N5O2. The van der Waals surface area contributed by atoms with Gasteiger partial charge in [-0.15, -0.1) is 10.2 Å². The first kappa shape index (κ1) is 20.1. The van der Waals surface area contributed by atoms with Crippen LogP contribution in [0.4, 0.5) is 4.79 Å². The fourth-order valence-corrected chi connectivity index (χ4v) is 4.17. The normalized spacial score (nSPS) is 22.9. The maximum Gasteiger partial charge on any atom is 0.410 e. The zero-order chi connectivity index (χ0) is 19.6. The number of piperidine rings is 1. The van der Waals surface area contributed by atoms with E-state index in [2.05, 4.69) is 33.9 Å². The summed E-state index contributed by atoms with van der Waals surface area (Å²) in [5.74, 6) is 2.57. The average molecular weight is 378 g/mol. The Hall–Kier alpha value is -1.63. The second kappa shape index (κ2) is 8.17. The van der Waals surface area contributed by atoms with Crippen molar-refractivity contribution >= 4 is 6.09 Å². The van der Waals surface area contributed by atoms with Gasteiger partial charge >= 0.3 is 6.09 Å². The van der Waals surface area contributed by atoms with Crippen LogP contribution in [0.15, 0.2) is 0 Å². The smallest absolute Gasteiger partial charge is 0.410 e. The lowest BCUT2D eigenvalue weighted by Gasteiger charge is -2.37. The van der Waals surface area contributed by atoms with Crippen LogP contribution in [0.5, 0.6) is 0 Å². The molecule has 7 heteroatoms. The summed E-state index contributed by atoms with van der Waals surface area (Å²) in [6.45, 7) is 12.7. The van der Waals surface area contributed by atoms with E-state index in [0.717, 1.165) is 50.5 Å². The molecule has 0 spiro atoms. The molecular weight excluding hydrogens is 342 g/mol. The van der Waals surface area contributed by atoms with E-state index < -0.39 is 5.60 Å². The van der Waals surface area contributed by atoms with Crippen molar-refractivity contribution in [3.63, 3.8) is 0 Å². The summed E-state index contributed by atoms with van der Waals surface area (Å²) >= 11 is 0. The van der Waals surface area contributed by atoms with E-state index in [1.165, 1.54) is 12.8 Å². The topological polar surface area (TPSA) is 72.3 Å². The molecule has 1 aromatic heterocycles. The number of aromatic nitrogens is 3. The average Bonchev–Trinajstić information content (AvgIpc) is 3.04. The number of amides is 1. The summed E-state index contributed by atoms with van der Waals surface area (Å²) < 4.78 is 7.83. The van der Waals surface area contributed by atoms with E-state index in [0.29, 0.717) is 12.0 Å². The summed E-state index contributed by atoms with van der Waals surface area (Å²) in [6.07, 6.45) is 5.39. The number of nitrogens with one attached hydrogen (secondary N) is 1. The lowest BCUT2D eigenvalue weighted by molar-refractivity contribution is 0.0146.